The maximum absolute atomic E-state index is 11.9. The molecule has 1 amide bonds. The number of hydrogen-bond acceptors (Lipinski definition) is 3. The van der Waals surface area contributed by atoms with Gasteiger partial charge in [0.15, 0.2) is 0 Å². The Balaban J connectivity index is 2.04. The van der Waals surface area contributed by atoms with Crippen molar-refractivity contribution in [1.82, 2.24) is 5.32 Å². The van der Waals surface area contributed by atoms with Gasteiger partial charge in [0.05, 0.1) is 5.60 Å². The number of nitrogens with zero attached hydrogens (tertiary/aromatic N) is 1. The predicted octanol–water partition coefficient (Wildman–Crippen LogP) is 3.02. The third kappa shape index (κ3) is 3.87. The smallest absolute Gasteiger partial charge is 0.227 e. The van der Waals surface area contributed by atoms with Gasteiger partial charge in [-0.25, -0.2) is 0 Å². The summed E-state index contributed by atoms with van der Waals surface area (Å²) in [5, 5.41) is 13.8. The highest BCUT2D eigenvalue weighted by atomic mass is 16.3. The topological polar surface area (TPSA) is 52.6 Å². The van der Waals surface area contributed by atoms with Crippen LogP contribution in [0.25, 0.3) is 0 Å². The number of carbonyl (C=O) groups excluding carboxylic acids is 1. The summed E-state index contributed by atoms with van der Waals surface area (Å²) in [5.74, 6) is 0.212. The van der Waals surface area contributed by atoms with Crippen LogP contribution in [0.3, 0.4) is 0 Å². The molecule has 1 unspecified atom stereocenters. The first-order valence-electron chi connectivity index (χ1n) is 8.35. The first-order chi connectivity index (χ1) is 10.5. The van der Waals surface area contributed by atoms with E-state index >= 15 is 0 Å². The van der Waals surface area contributed by atoms with Crippen molar-refractivity contribution in [3.8, 4) is 0 Å². The van der Waals surface area contributed by atoms with Crippen molar-refractivity contribution < 1.29 is 9.90 Å². The molecule has 0 spiro atoms. The molecule has 1 aromatic carbocycles. The molecule has 2 N–H and O–H groups in total. The van der Waals surface area contributed by atoms with E-state index in [2.05, 4.69) is 24.4 Å². The average Bonchev–Trinajstić information content (AvgIpc) is 2.98. The van der Waals surface area contributed by atoms with Gasteiger partial charge in [-0.2, -0.15) is 0 Å². The average molecular weight is 304 g/mol. The van der Waals surface area contributed by atoms with E-state index in [0.717, 1.165) is 37.1 Å². The van der Waals surface area contributed by atoms with E-state index in [4.69, 9.17) is 0 Å². The minimum Gasteiger partial charge on any atom is -0.389 e. The van der Waals surface area contributed by atoms with E-state index in [-0.39, 0.29) is 11.9 Å². The van der Waals surface area contributed by atoms with Crippen LogP contribution in [0.4, 0.5) is 5.69 Å². The molecule has 22 heavy (non-hydrogen) atoms. The van der Waals surface area contributed by atoms with Crippen LogP contribution in [0.1, 0.15) is 58.1 Å². The van der Waals surface area contributed by atoms with Crippen LogP contribution >= 0.6 is 0 Å². The number of hydrogen-bond donors (Lipinski definition) is 2. The minimum absolute atomic E-state index is 0.141. The zero-order valence-electron chi connectivity index (χ0n) is 13.9. The lowest BCUT2D eigenvalue weighted by Gasteiger charge is -2.28. The summed E-state index contributed by atoms with van der Waals surface area (Å²) < 4.78 is 0. The lowest BCUT2D eigenvalue weighted by Crippen LogP contribution is -2.40. The van der Waals surface area contributed by atoms with Gasteiger partial charge in [-0.05, 0) is 43.9 Å². The van der Waals surface area contributed by atoms with Gasteiger partial charge in [0, 0.05) is 31.2 Å². The van der Waals surface area contributed by atoms with Gasteiger partial charge >= 0.3 is 0 Å². The molecule has 0 saturated carbocycles. The second-order valence-electron chi connectivity index (χ2n) is 6.28. The van der Waals surface area contributed by atoms with Gasteiger partial charge in [-0.3, -0.25) is 4.79 Å². The summed E-state index contributed by atoms with van der Waals surface area (Å²) in [4.78, 5) is 13.7. The van der Waals surface area contributed by atoms with Crippen LogP contribution < -0.4 is 10.2 Å². The normalized spacial score (nSPS) is 17.1. The molecular weight excluding hydrogens is 276 g/mol. The SMILES string of the molecule is CCC(O)(CC)CNC(C)c1cccc(N2CCCC2=O)c1. The summed E-state index contributed by atoms with van der Waals surface area (Å²) in [5.41, 5.74) is 1.48. The van der Waals surface area contributed by atoms with Crippen LogP contribution in [0.15, 0.2) is 24.3 Å². The van der Waals surface area contributed by atoms with Crippen molar-refractivity contribution in [2.45, 2.75) is 58.1 Å². The summed E-state index contributed by atoms with van der Waals surface area (Å²) in [6.45, 7) is 7.51. The Kier molecular flexibility index (Phi) is 5.59. The molecule has 1 fully saturated rings. The van der Waals surface area contributed by atoms with E-state index < -0.39 is 5.60 Å². The van der Waals surface area contributed by atoms with Gasteiger partial charge in [-0.15, -0.1) is 0 Å². The van der Waals surface area contributed by atoms with Gasteiger partial charge in [0.1, 0.15) is 0 Å². The molecule has 1 aliphatic heterocycles. The molecule has 0 bridgehead atoms. The van der Waals surface area contributed by atoms with Crippen molar-refractivity contribution in [2.75, 3.05) is 18.0 Å². The van der Waals surface area contributed by atoms with Crippen molar-refractivity contribution >= 4 is 11.6 Å². The number of carbonyl (C=O) groups is 1. The third-order valence-electron chi connectivity index (χ3n) is 4.81. The van der Waals surface area contributed by atoms with Gasteiger partial charge in [0.25, 0.3) is 0 Å². The molecule has 0 radical (unpaired) electrons. The van der Waals surface area contributed by atoms with Crippen LogP contribution in [0.2, 0.25) is 0 Å². The Labute approximate surface area is 133 Å². The highest BCUT2D eigenvalue weighted by Crippen LogP contribution is 2.25. The minimum atomic E-state index is -0.642. The first kappa shape index (κ1) is 17.0. The molecule has 1 aromatic rings. The Morgan fingerprint density at radius 3 is 2.68 bits per heavy atom. The number of amides is 1. The molecule has 1 saturated heterocycles. The van der Waals surface area contributed by atoms with Gasteiger partial charge < -0.3 is 15.3 Å². The Bertz CT molecular complexity index is 512. The fourth-order valence-corrected chi connectivity index (χ4v) is 2.84. The Hall–Kier alpha value is -1.39. The third-order valence-corrected chi connectivity index (χ3v) is 4.81. The van der Waals surface area contributed by atoms with Crippen LogP contribution in [0.5, 0.6) is 0 Å². The molecule has 1 atom stereocenters. The van der Waals surface area contributed by atoms with Crippen LogP contribution in [-0.2, 0) is 4.79 Å². The molecule has 4 heteroatoms. The Morgan fingerprint density at radius 1 is 1.36 bits per heavy atom. The second-order valence-corrected chi connectivity index (χ2v) is 6.28. The fourth-order valence-electron chi connectivity index (χ4n) is 2.84. The Morgan fingerprint density at radius 2 is 2.09 bits per heavy atom. The number of nitrogens with one attached hydrogen (secondary N) is 1. The van der Waals surface area contributed by atoms with Crippen LogP contribution in [0, 0.1) is 0 Å². The number of rotatable bonds is 7. The largest absolute Gasteiger partial charge is 0.389 e. The van der Waals surface area contributed by atoms with E-state index in [9.17, 15) is 9.90 Å². The fraction of sp³-hybridized carbons (Fsp3) is 0.611. The summed E-state index contributed by atoms with van der Waals surface area (Å²) in [6, 6.07) is 8.28. The van der Waals surface area contributed by atoms with E-state index in [1.807, 2.05) is 30.9 Å². The summed E-state index contributed by atoms with van der Waals surface area (Å²) in [7, 11) is 0. The molecule has 1 aliphatic rings. The van der Waals surface area contributed by atoms with Gasteiger partial charge in [0.2, 0.25) is 5.91 Å². The van der Waals surface area contributed by atoms with Crippen molar-refractivity contribution in [2.24, 2.45) is 0 Å². The maximum atomic E-state index is 11.9. The predicted molar refractivity (Wildman–Crippen MR) is 90.0 cm³/mol. The number of benzene rings is 1. The maximum Gasteiger partial charge on any atom is 0.227 e. The standard InChI is InChI=1S/C18H28N2O2/c1-4-18(22,5-2)13-19-14(3)15-8-6-9-16(12-15)20-11-7-10-17(20)21/h6,8-9,12,14,19,22H,4-5,7,10-11,13H2,1-3H3. The van der Waals surface area contributed by atoms with Crippen molar-refractivity contribution in [3.63, 3.8) is 0 Å². The van der Waals surface area contributed by atoms with Crippen LogP contribution in [-0.4, -0.2) is 29.7 Å². The van der Waals surface area contributed by atoms with E-state index in [0.29, 0.717) is 13.0 Å². The van der Waals surface area contributed by atoms with Gasteiger partial charge in [-0.1, -0.05) is 26.0 Å². The molecule has 1 heterocycles. The molecule has 0 aromatic heterocycles. The first-order valence-corrected chi connectivity index (χ1v) is 8.35. The van der Waals surface area contributed by atoms with Crippen molar-refractivity contribution in [1.29, 1.82) is 0 Å². The second kappa shape index (κ2) is 7.25. The van der Waals surface area contributed by atoms with Crippen molar-refractivity contribution in [3.05, 3.63) is 29.8 Å². The highest BCUT2D eigenvalue weighted by molar-refractivity contribution is 5.95. The molecule has 0 aliphatic carbocycles. The summed E-state index contributed by atoms with van der Waals surface area (Å²) in [6.07, 6.45) is 3.08. The number of anilines is 1. The molecular formula is C18H28N2O2. The number of aliphatic hydroxyl groups is 1. The lowest BCUT2D eigenvalue weighted by molar-refractivity contribution is -0.117. The quantitative estimate of drug-likeness (QED) is 0.814. The lowest BCUT2D eigenvalue weighted by atomic mass is 9.96. The zero-order valence-corrected chi connectivity index (χ0v) is 13.9. The monoisotopic (exact) mass is 304 g/mol. The highest BCUT2D eigenvalue weighted by Gasteiger charge is 2.24. The zero-order chi connectivity index (χ0) is 16.2. The summed E-state index contributed by atoms with van der Waals surface area (Å²) >= 11 is 0. The molecule has 2 rings (SSSR count). The molecule has 4 nitrogen and oxygen atoms in total. The molecule has 122 valence electrons. The van der Waals surface area contributed by atoms with E-state index in [1.165, 1.54) is 0 Å². The van der Waals surface area contributed by atoms with E-state index in [1.54, 1.807) is 0 Å².